The number of piperidine rings is 1. The summed E-state index contributed by atoms with van der Waals surface area (Å²) in [5, 5.41) is 1.94. The molecule has 0 saturated carbocycles. The van der Waals surface area contributed by atoms with Crippen molar-refractivity contribution in [1.29, 1.82) is 0 Å². The number of likely N-dealkylation sites (tertiary alicyclic amines) is 1. The van der Waals surface area contributed by atoms with E-state index in [1.807, 2.05) is 41.2 Å². The number of carbonyl (C=O) groups is 2. The lowest BCUT2D eigenvalue weighted by atomic mass is 9.99. The molecule has 5 nitrogen and oxygen atoms in total. The first-order valence-corrected chi connectivity index (χ1v) is 9.72. The third-order valence-corrected chi connectivity index (χ3v) is 5.54. The molecule has 1 atom stereocenters. The lowest BCUT2D eigenvalue weighted by molar-refractivity contribution is -0.135. The summed E-state index contributed by atoms with van der Waals surface area (Å²) in [5.41, 5.74) is 5.99. The van der Waals surface area contributed by atoms with E-state index in [-0.39, 0.29) is 36.2 Å². The first-order chi connectivity index (χ1) is 11.5. The number of hydrogen-bond donors (Lipinski definition) is 1. The Morgan fingerprint density at radius 3 is 2.48 bits per heavy atom. The maximum atomic E-state index is 12.7. The maximum Gasteiger partial charge on any atom is 0.264 e. The van der Waals surface area contributed by atoms with Gasteiger partial charge < -0.3 is 15.5 Å². The molecule has 25 heavy (non-hydrogen) atoms. The molecule has 0 aromatic carbocycles. The van der Waals surface area contributed by atoms with E-state index in [9.17, 15) is 9.59 Å². The Balaban J connectivity index is 0.00000312. The van der Waals surface area contributed by atoms with E-state index >= 15 is 0 Å². The molecule has 2 amide bonds. The van der Waals surface area contributed by atoms with Gasteiger partial charge in [-0.15, -0.1) is 23.7 Å². The van der Waals surface area contributed by atoms with Crippen molar-refractivity contribution >= 4 is 35.6 Å². The monoisotopic (exact) mass is 387 g/mol. The minimum Gasteiger partial charge on any atom is -0.341 e. The minimum atomic E-state index is -0.430. The maximum absolute atomic E-state index is 12.7. The van der Waals surface area contributed by atoms with Crippen LogP contribution in [0.3, 0.4) is 0 Å². The van der Waals surface area contributed by atoms with Crippen molar-refractivity contribution in [2.45, 2.75) is 52.1 Å². The Morgan fingerprint density at radius 1 is 1.36 bits per heavy atom. The minimum absolute atomic E-state index is 0. The number of halogens is 1. The SMILES string of the molecule is CCCN(C(=O)c1cccs1)C1CCN(C(=O)[C@@H](N)C(C)C)CC1.Cl. The molecule has 1 aliphatic heterocycles. The molecule has 7 heteroatoms. The highest BCUT2D eigenvalue weighted by Crippen LogP contribution is 2.22. The number of carbonyl (C=O) groups excluding carboxylic acids is 2. The third kappa shape index (κ3) is 5.43. The molecule has 0 bridgehead atoms. The van der Waals surface area contributed by atoms with Crippen molar-refractivity contribution in [3.63, 3.8) is 0 Å². The molecule has 0 spiro atoms. The van der Waals surface area contributed by atoms with Crippen LogP contribution in [0, 0.1) is 5.92 Å². The summed E-state index contributed by atoms with van der Waals surface area (Å²) >= 11 is 1.49. The van der Waals surface area contributed by atoms with Crippen molar-refractivity contribution in [2.24, 2.45) is 11.7 Å². The summed E-state index contributed by atoms with van der Waals surface area (Å²) in [6.45, 7) is 8.16. The van der Waals surface area contributed by atoms with Gasteiger partial charge in [0.1, 0.15) is 0 Å². The number of rotatable bonds is 6. The van der Waals surface area contributed by atoms with Crippen LogP contribution in [0.2, 0.25) is 0 Å². The van der Waals surface area contributed by atoms with Gasteiger partial charge in [0.05, 0.1) is 10.9 Å². The number of thiophene rings is 1. The Morgan fingerprint density at radius 2 is 2.00 bits per heavy atom. The predicted octanol–water partition coefficient (Wildman–Crippen LogP) is 3.00. The first kappa shape index (κ1) is 21.9. The van der Waals surface area contributed by atoms with Crippen molar-refractivity contribution in [3.8, 4) is 0 Å². The van der Waals surface area contributed by atoms with Crippen LogP contribution in [0.25, 0.3) is 0 Å². The third-order valence-electron chi connectivity index (χ3n) is 4.68. The van der Waals surface area contributed by atoms with E-state index in [2.05, 4.69) is 6.92 Å². The smallest absolute Gasteiger partial charge is 0.264 e. The number of hydrogen-bond acceptors (Lipinski definition) is 4. The summed E-state index contributed by atoms with van der Waals surface area (Å²) in [6.07, 6.45) is 2.59. The van der Waals surface area contributed by atoms with Gasteiger partial charge in [-0.05, 0) is 36.6 Å². The molecule has 0 unspecified atom stereocenters. The number of nitrogens with zero attached hydrogens (tertiary/aromatic N) is 2. The average Bonchev–Trinajstić information content (AvgIpc) is 3.12. The molecule has 142 valence electrons. The standard InChI is InChI=1S/C18H29N3O2S.ClH/c1-4-9-21(17(22)15-6-5-12-24-15)14-7-10-20(11-8-14)18(23)16(19)13(2)3;/h5-6,12-14,16H,4,7-11,19H2,1-3H3;1H/t16-;/m0./s1. The zero-order valence-electron chi connectivity index (χ0n) is 15.3. The molecule has 0 aliphatic carbocycles. The summed E-state index contributed by atoms with van der Waals surface area (Å²) in [6, 6.07) is 3.58. The van der Waals surface area contributed by atoms with Crippen molar-refractivity contribution in [2.75, 3.05) is 19.6 Å². The van der Waals surface area contributed by atoms with Gasteiger partial charge in [-0.2, -0.15) is 0 Å². The van der Waals surface area contributed by atoms with Crippen LogP contribution in [0.15, 0.2) is 17.5 Å². The van der Waals surface area contributed by atoms with Gasteiger partial charge in [0, 0.05) is 25.7 Å². The highest BCUT2D eigenvalue weighted by molar-refractivity contribution is 7.12. The van der Waals surface area contributed by atoms with Gasteiger partial charge in [0.2, 0.25) is 5.91 Å². The van der Waals surface area contributed by atoms with Crippen LogP contribution in [-0.4, -0.2) is 53.3 Å². The lowest BCUT2D eigenvalue weighted by Crippen LogP contribution is -2.53. The molecule has 1 aromatic heterocycles. The normalized spacial score (nSPS) is 16.4. The fourth-order valence-corrected chi connectivity index (χ4v) is 3.81. The lowest BCUT2D eigenvalue weighted by Gasteiger charge is -2.39. The van der Waals surface area contributed by atoms with E-state index in [1.165, 1.54) is 11.3 Å². The van der Waals surface area contributed by atoms with Gasteiger partial charge in [-0.1, -0.05) is 26.8 Å². The molecule has 1 saturated heterocycles. The average molecular weight is 388 g/mol. The van der Waals surface area contributed by atoms with Gasteiger partial charge in [0.25, 0.3) is 5.91 Å². The van der Waals surface area contributed by atoms with E-state index < -0.39 is 6.04 Å². The van der Waals surface area contributed by atoms with E-state index in [4.69, 9.17) is 5.73 Å². The second kappa shape index (κ2) is 10.1. The van der Waals surface area contributed by atoms with Crippen molar-refractivity contribution in [1.82, 2.24) is 9.80 Å². The van der Waals surface area contributed by atoms with Crippen LogP contribution in [-0.2, 0) is 4.79 Å². The highest BCUT2D eigenvalue weighted by atomic mass is 35.5. The van der Waals surface area contributed by atoms with Gasteiger partial charge in [-0.25, -0.2) is 0 Å². The fourth-order valence-electron chi connectivity index (χ4n) is 3.13. The van der Waals surface area contributed by atoms with Crippen LogP contribution >= 0.6 is 23.7 Å². The zero-order valence-corrected chi connectivity index (χ0v) is 16.9. The number of amides is 2. The topological polar surface area (TPSA) is 66.6 Å². The second-order valence-electron chi connectivity index (χ2n) is 6.80. The Hall–Kier alpha value is -1.11. The zero-order chi connectivity index (χ0) is 17.7. The quantitative estimate of drug-likeness (QED) is 0.815. The van der Waals surface area contributed by atoms with Crippen molar-refractivity contribution in [3.05, 3.63) is 22.4 Å². The summed E-state index contributed by atoms with van der Waals surface area (Å²) in [4.78, 5) is 29.8. The molecule has 2 rings (SSSR count). The van der Waals surface area contributed by atoms with E-state index in [0.29, 0.717) is 13.1 Å². The first-order valence-electron chi connectivity index (χ1n) is 8.84. The fraction of sp³-hybridized carbons (Fsp3) is 0.667. The molecular weight excluding hydrogens is 358 g/mol. The summed E-state index contributed by atoms with van der Waals surface area (Å²) in [7, 11) is 0. The molecule has 0 radical (unpaired) electrons. The molecule has 2 N–H and O–H groups in total. The van der Waals surface area contributed by atoms with Crippen LogP contribution in [0.4, 0.5) is 0 Å². The van der Waals surface area contributed by atoms with Crippen LogP contribution in [0.5, 0.6) is 0 Å². The number of nitrogens with two attached hydrogens (primary N) is 1. The van der Waals surface area contributed by atoms with E-state index in [1.54, 1.807) is 0 Å². The Kier molecular flexibility index (Phi) is 8.89. The van der Waals surface area contributed by atoms with Crippen LogP contribution in [0.1, 0.15) is 49.7 Å². The molecule has 2 heterocycles. The van der Waals surface area contributed by atoms with Gasteiger partial charge in [0.15, 0.2) is 0 Å². The van der Waals surface area contributed by atoms with Crippen LogP contribution < -0.4 is 5.73 Å². The largest absolute Gasteiger partial charge is 0.341 e. The molecule has 1 aromatic rings. The second-order valence-corrected chi connectivity index (χ2v) is 7.75. The Bertz CT molecular complexity index is 543. The molecular formula is C18H30ClN3O2S. The molecule has 1 fully saturated rings. The summed E-state index contributed by atoms with van der Waals surface area (Å²) in [5.74, 6) is 0.304. The van der Waals surface area contributed by atoms with Gasteiger partial charge in [-0.3, -0.25) is 9.59 Å². The summed E-state index contributed by atoms with van der Waals surface area (Å²) < 4.78 is 0. The van der Waals surface area contributed by atoms with E-state index in [0.717, 1.165) is 30.7 Å². The van der Waals surface area contributed by atoms with Gasteiger partial charge >= 0.3 is 0 Å². The predicted molar refractivity (Wildman–Crippen MR) is 105 cm³/mol. The Labute approximate surface area is 161 Å². The highest BCUT2D eigenvalue weighted by Gasteiger charge is 2.32. The van der Waals surface area contributed by atoms with Crippen molar-refractivity contribution < 1.29 is 9.59 Å². The molecule has 1 aliphatic rings.